The molecule has 0 aromatic heterocycles. The summed E-state index contributed by atoms with van der Waals surface area (Å²) in [4.78, 5) is 2.13. The topological polar surface area (TPSA) is 53.0 Å². The van der Waals surface area contributed by atoms with Gasteiger partial charge in [0.1, 0.15) is 6.07 Å². The van der Waals surface area contributed by atoms with Gasteiger partial charge < -0.3 is 10.6 Å². The number of nitrogens with zero attached hydrogens (tertiary/aromatic N) is 2. The molecule has 3 nitrogen and oxygen atoms in total. The number of rotatable bonds is 1. The first-order valence-electron chi connectivity index (χ1n) is 4.31. The quantitative estimate of drug-likeness (QED) is 0.680. The van der Waals surface area contributed by atoms with Gasteiger partial charge in [0, 0.05) is 19.1 Å². The van der Waals surface area contributed by atoms with Gasteiger partial charge in [-0.05, 0) is 12.1 Å². The Morgan fingerprint density at radius 2 is 2.08 bits per heavy atom. The lowest BCUT2D eigenvalue weighted by atomic mass is 10.1. The van der Waals surface area contributed by atoms with Crippen molar-refractivity contribution in [2.45, 2.75) is 6.04 Å². The van der Waals surface area contributed by atoms with E-state index < -0.39 is 0 Å². The van der Waals surface area contributed by atoms with Crippen LogP contribution in [0.2, 0.25) is 0 Å². The number of anilines is 1. The van der Waals surface area contributed by atoms with Gasteiger partial charge in [0.25, 0.3) is 0 Å². The average molecular weight is 173 g/mol. The molecular formula is C10H11N3. The Morgan fingerprint density at radius 3 is 2.69 bits per heavy atom. The maximum absolute atomic E-state index is 8.84. The molecule has 1 aliphatic heterocycles. The molecular weight excluding hydrogens is 162 g/mol. The van der Waals surface area contributed by atoms with Crippen molar-refractivity contribution in [3.63, 3.8) is 0 Å². The fraction of sp³-hybridized carbons (Fsp3) is 0.300. The summed E-state index contributed by atoms with van der Waals surface area (Å²) >= 11 is 0. The van der Waals surface area contributed by atoms with Crippen molar-refractivity contribution in [2.75, 3.05) is 18.0 Å². The van der Waals surface area contributed by atoms with E-state index in [4.69, 9.17) is 11.0 Å². The Bertz CT molecular complexity index is 347. The number of benzene rings is 1. The molecule has 0 spiro atoms. The third-order valence-corrected chi connectivity index (χ3v) is 2.27. The zero-order valence-corrected chi connectivity index (χ0v) is 7.27. The van der Waals surface area contributed by atoms with Gasteiger partial charge in [0.15, 0.2) is 0 Å². The van der Waals surface area contributed by atoms with Gasteiger partial charge in [-0.1, -0.05) is 12.1 Å². The van der Waals surface area contributed by atoms with E-state index in [1.54, 1.807) is 0 Å². The molecule has 0 radical (unpaired) electrons. The van der Waals surface area contributed by atoms with Gasteiger partial charge >= 0.3 is 0 Å². The highest BCUT2D eigenvalue weighted by molar-refractivity contribution is 5.60. The van der Waals surface area contributed by atoms with Crippen molar-refractivity contribution in [3.05, 3.63) is 29.8 Å². The van der Waals surface area contributed by atoms with Crippen molar-refractivity contribution >= 4 is 5.69 Å². The van der Waals surface area contributed by atoms with Crippen LogP contribution in [0.4, 0.5) is 5.69 Å². The average Bonchev–Trinajstić information content (AvgIpc) is 2.13. The Morgan fingerprint density at radius 1 is 1.38 bits per heavy atom. The van der Waals surface area contributed by atoms with Crippen LogP contribution in [0.3, 0.4) is 0 Å². The van der Waals surface area contributed by atoms with Crippen molar-refractivity contribution < 1.29 is 0 Å². The van der Waals surface area contributed by atoms with E-state index in [2.05, 4.69) is 11.0 Å². The van der Waals surface area contributed by atoms with Gasteiger partial charge in [-0.25, -0.2) is 0 Å². The third-order valence-electron chi connectivity index (χ3n) is 2.27. The molecule has 1 heterocycles. The van der Waals surface area contributed by atoms with Gasteiger partial charge in [-0.2, -0.15) is 5.26 Å². The van der Waals surface area contributed by atoms with Crippen LogP contribution in [0, 0.1) is 11.3 Å². The molecule has 1 aromatic rings. The molecule has 1 fully saturated rings. The summed E-state index contributed by atoms with van der Waals surface area (Å²) < 4.78 is 0. The molecule has 66 valence electrons. The minimum Gasteiger partial charge on any atom is -0.367 e. The molecule has 2 rings (SSSR count). The van der Waals surface area contributed by atoms with E-state index in [9.17, 15) is 0 Å². The summed E-state index contributed by atoms with van der Waals surface area (Å²) in [5, 5.41) is 8.84. The third kappa shape index (κ3) is 1.36. The van der Waals surface area contributed by atoms with Crippen molar-refractivity contribution in [1.82, 2.24) is 0 Å². The molecule has 0 amide bonds. The first kappa shape index (κ1) is 8.09. The number of hydrogen-bond acceptors (Lipinski definition) is 3. The number of nitrogens with two attached hydrogens (primary N) is 1. The molecule has 0 aliphatic carbocycles. The highest BCUT2D eigenvalue weighted by atomic mass is 15.2. The molecule has 1 aliphatic rings. The number of nitriles is 1. The first-order chi connectivity index (χ1) is 6.31. The second-order valence-corrected chi connectivity index (χ2v) is 3.29. The van der Waals surface area contributed by atoms with E-state index in [1.807, 2.05) is 24.3 Å². The van der Waals surface area contributed by atoms with Crippen molar-refractivity contribution in [3.8, 4) is 6.07 Å². The maximum atomic E-state index is 8.84. The Kier molecular flexibility index (Phi) is 1.91. The van der Waals surface area contributed by atoms with Crippen LogP contribution in [0.5, 0.6) is 0 Å². The second-order valence-electron chi connectivity index (χ2n) is 3.29. The van der Waals surface area contributed by atoms with Crippen LogP contribution in [-0.4, -0.2) is 19.1 Å². The minimum absolute atomic E-state index is 0.270. The largest absolute Gasteiger partial charge is 0.367 e. The molecule has 2 N–H and O–H groups in total. The molecule has 1 saturated heterocycles. The smallest absolute Gasteiger partial charge is 0.101 e. The van der Waals surface area contributed by atoms with Gasteiger partial charge in [0.05, 0.1) is 11.3 Å². The van der Waals surface area contributed by atoms with Crippen molar-refractivity contribution in [2.24, 2.45) is 5.73 Å². The Balaban J connectivity index is 2.26. The molecule has 3 heteroatoms. The lowest BCUT2D eigenvalue weighted by Crippen LogP contribution is -2.56. The molecule has 1 aromatic carbocycles. The summed E-state index contributed by atoms with van der Waals surface area (Å²) in [6.45, 7) is 1.72. The predicted octanol–water partition coefficient (Wildman–Crippen LogP) is 0.706. The van der Waals surface area contributed by atoms with Gasteiger partial charge in [-0.15, -0.1) is 0 Å². The number of hydrogen-bond donors (Lipinski definition) is 1. The standard InChI is InChI=1S/C10H11N3/c11-5-8-3-1-2-4-10(8)13-6-9(12)7-13/h1-4,9H,6-7,12H2. The highest BCUT2D eigenvalue weighted by Crippen LogP contribution is 2.23. The second kappa shape index (κ2) is 3.08. The molecule has 0 atom stereocenters. The van der Waals surface area contributed by atoms with Crippen LogP contribution in [0.1, 0.15) is 5.56 Å². The molecule has 13 heavy (non-hydrogen) atoms. The summed E-state index contributed by atoms with van der Waals surface area (Å²) in [6.07, 6.45) is 0. The van der Waals surface area contributed by atoms with Crippen molar-refractivity contribution in [1.29, 1.82) is 5.26 Å². The predicted molar refractivity (Wildman–Crippen MR) is 51.3 cm³/mol. The Labute approximate surface area is 77.4 Å². The van der Waals surface area contributed by atoms with Crippen LogP contribution in [0.15, 0.2) is 24.3 Å². The van der Waals surface area contributed by atoms with E-state index in [1.165, 1.54) is 0 Å². The monoisotopic (exact) mass is 173 g/mol. The van der Waals surface area contributed by atoms with E-state index in [0.717, 1.165) is 24.3 Å². The highest BCUT2D eigenvalue weighted by Gasteiger charge is 2.24. The molecule has 0 unspecified atom stereocenters. The fourth-order valence-corrected chi connectivity index (χ4v) is 1.55. The van der Waals surface area contributed by atoms with E-state index in [-0.39, 0.29) is 6.04 Å². The zero-order chi connectivity index (χ0) is 9.26. The lowest BCUT2D eigenvalue weighted by molar-refractivity contribution is 0.519. The molecule has 0 bridgehead atoms. The van der Waals surface area contributed by atoms with Crippen LogP contribution in [0.25, 0.3) is 0 Å². The van der Waals surface area contributed by atoms with Crippen LogP contribution >= 0.6 is 0 Å². The minimum atomic E-state index is 0.270. The number of para-hydroxylation sites is 1. The van der Waals surface area contributed by atoms with Crippen LogP contribution in [-0.2, 0) is 0 Å². The zero-order valence-electron chi connectivity index (χ0n) is 7.27. The van der Waals surface area contributed by atoms with E-state index in [0.29, 0.717) is 0 Å². The lowest BCUT2D eigenvalue weighted by Gasteiger charge is -2.39. The summed E-state index contributed by atoms with van der Waals surface area (Å²) in [5.74, 6) is 0. The normalized spacial score (nSPS) is 16.5. The van der Waals surface area contributed by atoms with Gasteiger partial charge in [-0.3, -0.25) is 0 Å². The van der Waals surface area contributed by atoms with E-state index >= 15 is 0 Å². The molecule has 0 saturated carbocycles. The Hall–Kier alpha value is -1.53. The first-order valence-corrected chi connectivity index (χ1v) is 4.31. The van der Waals surface area contributed by atoms with Gasteiger partial charge in [0.2, 0.25) is 0 Å². The summed E-state index contributed by atoms with van der Waals surface area (Å²) in [7, 11) is 0. The fourth-order valence-electron chi connectivity index (χ4n) is 1.55. The SMILES string of the molecule is N#Cc1ccccc1N1CC(N)C1. The summed E-state index contributed by atoms with van der Waals surface area (Å²) in [5.41, 5.74) is 7.41. The van der Waals surface area contributed by atoms with Crippen LogP contribution < -0.4 is 10.6 Å². The maximum Gasteiger partial charge on any atom is 0.101 e. The summed E-state index contributed by atoms with van der Waals surface area (Å²) in [6, 6.07) is 10.1.